The highest BCUT2D eigenvalue weighted by molar-refractivity contribution is 6.01. The molecular formula is C30H22N4O2. The van der Waals surface area contributed by atoms with Gasteiger partial charge in [0.25, 0.3) is 0 Å². The van der Waals surface area contributed by atoms with Crippen molar-refractivity contribution < 1.29 is 9.47 Å². The molecule has 0 aliphatic carbocycles. The number of pyridine rings is 1. The van der Waals surface area contributed by atoms with Crippen molar-refractivity contribution in [3.05, 3.63) is 115 Å². The van der Waals surface area contributed by atoms with E-state index >= 15 is 0 Å². The lowest BCUT2D eigenvalue weighted by Gasteiger charge is -2.10. The van der Waals surface area contributed by atoms with E-state index in [1.165, 1.54) is 0 Å². The molecule has 3 N–H and O–H groups in total. The van der Waals surface area contributed by atoms with E-state index in [4.69, 9.17) is 20.2 Å². The molecule has 174 valence electrons. The summed E-state index contributed by atoms with van der Waals surface area (Å²) in [6, 6.07) is 37.0. The van der Waals surface area contributed by atoms with Gasteiger partial charge in [-0.05, 0) is 78.9 Å². The third-order valence-electron chi connectivity index (χ3n) is 5.81. The molecule has 6 heteroatoms. The van der Waals surface area contributed by atoms with Crippen LogP contribution in [0.5, 0.6) is 23.0 Å². The van der Waals surface area contributed by atoms with Gasteiger partial charge < -0.3 is 15.2 Å². The molecule has 0 aliphatic rings. The van der Waals surface area contributed by atoms with Crippen molar-refractivity contribution in [1.82, 2.24) is 15.2 Å². The van der Waals surface area contributed by atoms with E-state index in [1.807, 2.05) is 115 Å². The van der Waals surface area contributed by atoms with Gasteiger partial charge in [0.1, 0.15) is 23.0 Å². The molecule has 2 heterocycles. The number of ether oxygens (including phenoxy) is 2. The van der Waals surface area contributed by atoms with Crippen LogP contribution in [0.1, 0.15) is 0 Å². The fourth-order valence-corrected chi connectivity index (χ4v) is 4.05. The molecule has 0 fully saturated rings. The Morgan fingerprint density at radius 2 is 1.08 bits per heavy atom. The lowest BCUT2D eigenvalue weighted by Crippen LogP contribution is -1.93. The second-order valence-electron chi connectivity index (χ2n) is 8.27. The van der Waals surface area contributed by atoms with Gasteiger partial charge in [-0.1, -0.05) is 36.4 Å². The quantitative estimate of drug-likeness (QED) is 0.264. The van der Waals surface area contributed by atoms with Crippen LogP contribution in [-0.2, 0) is 0 Å². The molecule has 0 bridgehead atoms. The average molecular weight is 471 g/mol. The SMILES string of the molecule is Nc1n[nH]c2cc(-c3ccc(Oc4ccccc4)cc3)nc(-c3ccc(Oc4ccccc4)cc3)c12. The van der Waals surface area contributed by atoms with Gasteiger partial charge in [-0.3, -0.25) is 5.10 Å². The first-order valence-corrected chi connectivity index (χ1v) is 11.5. The average Bonchev–Trinajstić information content (AvgIpc) is 3.31. The van der Waals surface area contributed by atoms with E-state index in [0.29, 0.717) is 5.82 Å². The predicted molar refractivity (Wildman–Crippen MR) is 142 cm³/mol. The van der Waals surface area contributed by atoms with Gasteiger partial charge in [-0.15, -0.1) is 0 Å². The van der Waals surface area contributed by atoms with Crippen LogP contribution in [0.4, 0.5) is 5.82 Å². The topological polar surface area (TPSA) is 86.0 Å². The molecule has 0 radical (unpaired) electrons. The number of anilines is 1. The molecule has 0 aliphatic heterocycles. The Bertz CT molecular complexity index is 1610. The maximum Gasteiger partial charge on any atom is 0.155 e. The lowest BCUT2D eigenvalue weighted by molar-refractivity contribution is 0.482. The molecule has 6 aromatic rings. The zero-order valence-electron chi connectivity index (χ0n) is 19.3. The van der Waals surface area contributed by atoms with Crippen LogP contribution in [0.2, 0.25) is 0 Å². The molecular weight excluding hydrogens is 448 g/mol. The second kappa shape index (κ2) is 9.27. The molecule has 0 spiro atoms. The van der Waals surface area contributed by atoms with E-state index in [9.17, 15) is 0 Å². The lowest BCUT2D eigenvalue weighted by atomic mass is 10.0. The van der Waals surface area contributed by atoms with Crippen molar-refractivity contribution in [2.75, 3.05) is 5.73 Å². The number of aromatic nitrogens is 3. The molecule has 6 nitrogen and oxygen atoms in total. The number of nitrogens with one attached hydrogen (secondary N) is 1. The fourth-order valence-electron chi connectivity index (χ4n) is 4.05. The summed E-state index contributed by atoms with van der Waals surface area (Å²) >= 11 is 0. The summed E-state index contributed by atoms with van der Waals surface area (Å²) in [5.41, 5.74) is 10.5. The number of nitrogen functional groups attached to an aromatic ring is 1. The molecule has 0 unspecified atom stereocenters. The number of benzene rings is 4. The number of H-pyrrole nitrogens is 1. The normalized spacial score (nSPS) is 10.9. The van der Waals surface area contributed by atoms with Crippen LogP contribution in [0.3, 0.4) is 0 Å². The zero-order chi connectivity index (χ0) is 24.3. The standard InChI is InChI=1S/C30H22N4O2/c31-30-28-27(33-34-30)19-26(20-11-15-24(16-12-20)35-22-7-3-1-4-8-22)32-29(28)21-13-17-25(18-14-21)36-23-9-5-2-6-10-23/h1-19H,(H3,31,33,34). The Morgan fingerprint density at radius 3 is 1.64 bits per heavy atom. The summed E-state index contributed by atoms with van der Waals surface area (Å²) in [6.07, 6.45) is 0. The monoisotopic (exact) mass is 470 g/mol. The highest BCUT2D eigenvalue weighted by Crippen LogP contribution is 2.35. The van der Waals surface area contributed by atoms with E-state index in [-0.39, 0.29) is 0 Å². The summed E-state index contributed by atoms with van der Waals surface area (Å²) in [5, 5.41) is 8.04. The van der Waals surface area contributed by atoms with Crippen molar-refractivity contribution in [3.8, 4) is 45.5 Å². The van der Waals surface area contributed by atoms with Gasteiger partial charge in [0.2, 0.25) is 0 Å². The van der Waals surface area contributed by atoms with Gasteiger partial charge in [-0.25, -0.2) is 4.98 Å². The Hall–Kier alpha value is -5.10. The zero-order valence-corrected chi connectivity index (χ0v) is 19.3. The summed E-state index contributed by atoms with van der Waals surface area (Å²) in [6.45, 7) is 0. The minimum absolute atomic E-state index is 0.412. The Labute approximate surface area is 208 Å². The molecule has 36 heavy (non-hydrogen) atoms. The number of hydrogen-bond acceptors (Lipinski definition) is 5. The van der Waals surface area contributed by atoms with Gasteiger partial charge in [0.05, 0.1) is 22.3 Å². The van der Waals surface area contributed by atoms with Gasteiger partial charge in [0.15, 0.2) is 5.82 Å². The number of rotatable bonds is 6. The number of aromatic amines is 1. The van der Waals surface area contributed by atoms with Crippen LogP contribution in [0, 0.1) is 0 Å². The largest absolute Gasteiger partial charge is 0.457 e. The summed E-state index contributed by atoms with van der Waals surface area (Å²) < 4.78 is 11.9. The van der Waals surface area contributed by atoms with E-state index < -0.39 is 0 Å². The van der Waals surface area contributed by atoms with Crippen LogP contribution < -0.4 is 15.2 Å². The van der Waals surface area contributed by atoms with Crippen molar-refractivity contribution in [2.45, 2.75) is 0 Å². The van der Waals surface area contributed by atoms with Crippen LogP contribution in [-0.4, -0.2) is 15.2 Å². The van der Waals surface area contributed by atoms with Crippen molar-refractivity contribution in [2.24, 2.45) is 0 Å². The molecule has 0 amide bonds. The highest BCUT2D eigenvalue weighted by Gasteiger charge is 2.15. The van der Waals surface area contributed by atoms with Gasteiger partial charge in [0, 0.05) is 11.1 Å². The molecule has 4 aromatic carbocycles. The number of para-hydroxylation sites is 2. The molecule has 0 saturated heterocycles. The molecule has 0 saturated carbocycles. The highest BCUT2D eigenvalue weighted by atomic mass is 16.5. The van der Waals surface area contributed by atoms with E-state index in [1.54, 1.807) is 0 Å². The van der Waals surface area contributed by atoms with E-state index in [2.05, 4.69) is 10.2 Å². The maximum atomic E-state index is 6.20. The van der Waals surface area contributed by atoms with Gasteiger partial charge >= 0.3 is 0 Å². The van der Waals surface area contributed by atoms with E-state index in [0.717, 1.165) is 56.4 Å². The minimum Gasteiger partial charge on any atom is -0.457 e. The third-order valence-corrected chi connectivity index (χ3v) is 5.81. The number of nitrogens with two attached hydrogens (primary N) is 1. The first kappa shape index (κ1) is 21.4. The number of hydrogen-bond donors (Lipinski definition) is 2. The summed E-state index contributed by atoms with van der Waals surface area (Å²) in [7, 11) is 0. The Kier molecular flexibility index (Phi) is 5.52. The van der Waals surface area contributed by atoms with Crippen LogP contribution in [0.15, 0.2) is 115 Å². The molecule has 6 rings (SSSR count). The van der Waals surface area contributed by atoms with Crippen molar-refractivity contribution in [3.63, 3.8) is 0 Å². The maximum absolute atomic E-state index is 6.20. The molecule has 0 atom stereocenters. The van der Waals surface area contributed by atoms with Crippen molar-refractivity contribution in [1.29, 1.82) is 0 Å². The number of fused-ring (bicyclic) bond motifs is 1. The summed E-state index contributed by atoms with van der Waals surface area (Å²) in [5.74, 6) is 3.49. The summed E-state index contributed by atoms with van der Waals surface area (Å²) in [4.78, 5) is 4.98. The fraction of sp³-hybridized carbons (Fsp3) is 0. The minimum atomic E-state index is 0.412. The van der Waals surface area contributed by atoms with Crippen LogP contribution >= 0.6 is 0 Å². The Morgan fingerprint density at radius 1 is 0.583 bits per heavy atom. The number of nitrogens with zero attached hydrogens (tertiary/aromatic N) is 2. The Balaban J connectivity index is 1.33. The van der Waals surface area contributed by atoms with Crippen LogP contribution in [0.25, 0.3) is 33.4 Å². The third kappa shape index (κ3) is 4.35. The predicted octanol–water partition coefficient (Wildman–Crippen LogP) is 7.46. The smallest absolute Gasteiger partial charge is 0.155 e. The molecule has 2 aromatic heterocycles. The first-order chi connectivity index (χ1) is 17.7. The van der Waals surface area contributed by atoms with Crippen molar-refractivity contribution >= 4 is 16.7 Å². The second-order valence-corrected chi connectivity index (χ2v) is 8.27. The van der Waals surface area contributed by atoms with Gasteiger partial charge in [-0.2, -0.15) is 5.10 Å². The first-order valence-electron chi connectivity index (χ1n) is 11.5.